The summed E-state index contributed by atoms with van der Waals surface area (Å²) >= 11 is 0. The second-order valence-corrected chi connectivity index (χ2v) is 8.90. The molecule has 36 heavy (non-hydrogen) atoms. The lowest BCUT2D eigenvalue weighted by Crippen LogP contribution is -2.38. The second-order valence-electron chi connectivity index (χ2n) is 8.90. The summed E-state index contributed by atoms with van der Waals surface area (Å²) in [6, 6.07) is 5.08. The molecule has 0 unspecified atom stereocenters. The van der Waals surface area contributed by atoms with Crippen molar-refractivity contribution in [2.24, 2.45) is 0 Å². The molecule has 0 bridgehead atoms. The Morgan fingerprint density at radius 2 is 2.11 bits per heavy atom. The van der Waals surface area contributed by atoms with E-state index >= 15 is 0 Å². The Balaban J connectivity index is 1.52. The number of nitrogens with one attached hydrogen (secondary N) is 2. The number of methoxy groups -OCH3 is 2. The van der Waals surface area contributed by atoms with Crippen LogP contribution in [-0.4, -0.2) is 90.1 Å². The predicted molar refractivity (Wildman–Crippen MR) is 135 cm³/mol. The maximum atomic E-state index is 14.4. The maximum absolute atomic E-state index is 14.4. The van der Waals surface area contributed by atoms with E-state index in [2.05, 4.69) is 32.7 Å². The van der Waals surface area contributed by atoms with E-state index in [0.717, 1.165) is 50.2 Å². The van der Waals surface area contributed by atoms with E-state index < -0.39 is 18.2 Å². The Kier molecular flexibility index (Phi) is 11.1. The molecule has 198 valence electrons. The number of anilines is 2. The number of halogens is 1. The highest BCUT2D eigenvalue weighted by Gasteiger charge is 2.21. The van der Waals surface area contributed by atoms with Crippen molar-refractivity contribution in [3.63, 3.8) is 0 Å². The predicted octanol–water partition coefficient (Wildman–Crippen LogP) is 2.80. The third-order valence-electron chi connectivity index (χ3n) is 6.08. The lowest BCUT2D eigenvalue weighted by Gasteiger charge is -2.26. The van der Waals surface area contributed by atoms with Gasteiger partial charge in [-0.25, -0.2) is 19.2 Å². The SMILES string of the molecule is COC[C@@H](F)CN(CCCCc1ccc2c(n1)NCCC2)CC[C@H](Nc1ccnc(OC)n1)C(=O)O. The topological polar surface area (TPSA) is 122 Å². The quantitative estimate of drug-likeness (QED) is 0.294. The highest BCUT2D eigenvalue weighted by molar-refractivity contribution is 5.76. The van der Waals surface area contributed by atoms with Crippen LogP contribution in [-0.2, 0) is 22.4 Å². The molecule has 0 saturated carbocycles. The Morgan fingerprint density at radius 1 is 1.25 bits per heavy atom. The summed E-state index contributed by atoms with van der Waals surface area (Å²) in [4.78, 5) is 26.6. The highest BCUT2D eigenvalue weighted by atomic mass is 19.1. The number of unbranched alkanes of at least 4 members (excludes halogenated alkanes) is 1. The van der Waals surface area contributed by atoms with Gasteiger partial charge in [-0.15, -0.1) is 0 Å². The van der Waals surface area contributed by atoms with E-state index in [9.17, 15) is 14.3 Å². The molecule has 1 aliphatic heterocycles. The van der Waals surface area contributed by atoms with Crippen LogP contribution in [0.5, 0.6) is 6.01 Å². The monoisotopic (exact) mass is 504 g/mol. The number of carboxylic acids is 1. The van der Waals surface area contributed by atoms with E-state index in [4.69, 9.17) is 14.5 Å². The lowest BCUT2D eigenvalue weighted by atomic mass is 10.1. The van der Waals surface area contributed by atoms with Crippen LogP contribution in [0.1, 0.15) is 36.9 Å². The first-order valence-corrected chi connectivity index (χ1v) is 12.4. The fourth-order valence-corrected chi connectivity index (χ4v) is 4.22. The molecule has 10 nitrogen and oxygen atoms in total. The van der Waals surface area contributed by atoms with Gasteiger partial charge in [-0.05, 0) is 62.8 Å². The fraction of sp³-hybridized carbons (Fsp3) is 0.600. The van der Waals surface area contributed by atoms with Crippen molar-refractivity contribution in [2.75, 3.05) is 57.6 Å². The summed E-state index contributed by atoms with van der Waals surface area (Å²) in [6.45, 7) is 2.21. The van der Waals surface area contributed by atoms with Crippen molar-refractivity contribution in [2.45, 2.75) is 50.7 Å². The molecule has 3 heterocycles. The Morgan fingerprint density at radius 3 is 2.89 bits per heavy atom. The van der Waals surface area contributed by atoms with Crippen LogP contribution in [0.15, 0.2) is 24.4 Å². The maximum Gasteiger partial charge on any atom is 0.326 e. The molecular weight excluding hydrogens is 467 g/mol. The average Bonchev–Trinajstić information content (AvgIpc) is 2.88. The molecule has 0 saturated heterocycles. The number of ether oxygens (including phenoxy) is 2. The number of aromatic nitrogens is 3. The van der Waals surface area contributed by atoms with Gasteiger partial charge in [-0.3, -0.25) is 0 Å². The van der Waals surface area contributed by atoms with E-state index in [1.54, 1.807) is 6.07 Å². The zero-order valence-electron chi connectivity index (χ0n) is 21.1. The van der Waals surface area contributed by atoms with Crippen LogP contribution in [0.3, 0.4) is 0 Å². The molecule has 0 fully saturated rings. The average molecular weight is 505 g/mol. The smallest absolute Gasteiger partial charge is 0.326 e. The highest BCUT2D eigenvalue weighted by Crippen LogP contribution is 2.20. The number of aliphatic carboxylic acids is 1. The summed E-state index contributed by atoms with van der Waals surface area (Å²) in [6.07, 6.45) is 5.41. The number of hydrogen-bond donors (Lipinski definition) is 3. The Hall–Kier alpha value is -3.05. The van der Waals surface area contributed by atoms with Gasteiger partial charge in [-0.1, -0.05) is 6.07 Å². The number of aryl methyl sites for hydroxylation is 2. The van der Waals surface area contributed by atoms with E-state index in [0.29, 0.717) is 18.9 Å². The largest absolute Gasteiger partial charge is 0.480 e. The van der Waals surface area contributed by atoms with Crippen molar-refractivity contribution in [1.29, 1.82) is 0 Å². The first-order chi connectivity index (χ1) is 17.5. The number of hydrogen-bond acceptors (Lipinski definition) is 9. The molecule has 2 aromatic heterocycles. The van der Waals surface area contributed by atoms with Gasteiger partial charge in [0.05, 0.1) is 13.7 Å². The van der Waals surface area contributed by atoms with Gasteiger partial charge < -0.3 is 30.1 Å². The van der Waals surface area contributed by atoms with E-state index in [-0.39, 0.29) is 25.6 Å². The van der Waals surface area contributed by atoms with Gasteiger partial charge in [0.15, 0.2) is 0 Å². The third-order valence-corrected chi connectivity index (χ3v) is 6.08. The van der Waals surface area contributed by atoms with Crippen molar-refractivity contribution in [1.82, 2.24) is 19.9 Å². The number of alkyl halides is 1. The number of rotatable bonds is 16. The number of carboxylic acid groups (broad SMARTS) is 1. The summed E-state index contributed by atoms with van der Waals surface area (Å²) in [7, 11) is 2.91. The molecule has 0 aromatic carbocycles. The summed E-state index contributed by atoms with van der Waals surface area (Å²) < 4.78 is 24.3. The lowest BCUT2D eigenvalue weighted by molar-refractivity contribution is -0.138. The van der Waals surface area contributed by atoms with Crippen molar-refractivity contribution in [3.8, 4) is 6.01 Å². The van der Waals surface area contributed by atoms with Crippen molar-refractivity contribution < 1.29 is 23.8 Å². The minimum Gasteiger partial charge on any atom is -0.480 e. The zero-order chi connectivity index (χ0) is 25.8. The molecule has 0 spiro atoms. The molecular formula is C25H37FN6O4. The normalized spacial score (nSPS) is 14.6. The van der Waals surface area contributed by atoms with Crippen molar-refractivity contribution in [3.05, 3.63) is 35.7 Å². The van der Waals surface area contributed by atoms with Gasteiger partial charge in [0.2, 0.25) is 0 Å². The van der Waals surface area contributed by atoms with Gasteiger partial charge in [0, 0.05) is 38.6 Å². The molecule has 3 rings (SSSR count). The summed E-state index contributed by atoms with van der Waals surface area (Å²) in [5.41, 5.74) is 2.32. The number of fused-ring (bicyclic) bond motifs is 1. The molecule has 0 amide bonds. The Labute approximate surface area is 211 Å². The summed E-state index contributed by atoms with van der Waals surface area (Å²) in [5.74, 6) is 0.345. The summed E-state index contributed by atoms with van der Waals surface area (Å²) in [5, 5.41) is 16.0. The van der Waals surface area contributed by atoms with E-state index in [1.807, 2.05) is 4.90 Å². The molecule has 2 atom stereocenters. The molecule has 1 aliphatic rings. The standard InChI is InChI=1S/C25H37FN6O4/c1-35-17-19(26)16-32(14-4-3-7-20-9-8-18-6-5-12-27-23(18)29-20)15-11-21(24(33)34)30-22-10-13-28-25(31-22)36-2/h8-10,13,19,21H,3-7,11-12,14-17H2,1-2H3,(H,27,29)(H,33,34)(H,28,30,31)/t19-,21-/m0/s1. The Bertz CT molecular complexity index is 966. The van der Waals surface area contributed by atoms with Crippen LogP contribution in [0, 0.1) is 0 Å². The zero-order valence-corrected chi connectivity index (χ0v) is 21.1. The van der Waals surface area contributed by atoms with Gasteiger partial charge in [0.25, 0.3) is 0 Å². The number of carbonyl (C=O) groups is 1. The first kappa shape index (κ1) is 27.5. The molecule has 0 radical (unpaired) electrons. The molecule has 2 aromatic rings. The number of pyridine rings is 1. The minimum absolute atomic E-state index is 0.00385. The van der Waals surface area contributed by atoms with Crippen LogP contribution < -0.4 is 15.4 Å². The van der Waals surface area contributed by atoms with Crippen molar-refractivity contribution >= 4 is 17.6 Å². The van der Waals surface area contributed by atoms with Crippen LogP contribution in [0.2, 0.25) is 0 Å². The van der Waals surface area contributed by atoms with Crippen LogP contribution in [0.4, 0.5) is 16.0 Å². The van der Waals surface area contributed by atoms with E-state index in [1.165, 1.54) is 26.0 Å². The molecule has 0 aliphatic carbocycles. The molecule has 3 N–H and O–H groups in total. The second kappa shape index (κ2) is 14.5. The van der Waals surface area contributed by atoms with Gasteiger partial charge in [0.1, 0.15) is 23.8 Å². The molecule has 11 heteroatoms. The van der Waals surface area contributed by atoms with Gasteiger partial charge >= 0.3 is 12.0 Å². The first-order valence-electron chi connectivity index (χ1n) is 12.4. The minimum atomic E-state index is -1.15. The van der Waals surface area contributed by atoms with Crippen LogP contribution >= 0.6 is 0 Å². The van der Waals surface area contributed by atoms with Gasteiger partial charge in [-0.2, -0.15) is 4.98 Å². The fourth-order valence-electron chi connectivity index (χ4n) is 4.22. The third kappa shape index (κ3) is 8.87. The number of nitrogens with zero attached hydrogens (tertiary/aromatic N) is 4. The van der Waals surface area contributed by atoms with Crippen LogP contribution in [0.25, 0.3) is 0 Å².